The van der Waals surface area contributed by atoms with E-state index >= 15 is 0 Å². The second-order valence-corrected chi connectivity index (χ2v) is 5.68. The van der Waals surface area contributed by atoms with Gasteiger partial charge in [0.25, 0.3) is 0 Å². The highest BCUT2D eigenvalue weighted by atomic mass is 35.5. The highest BCUT2D eigenvalue weighted by Gasteiger charge is 2.30. The van der Waals surface area contributed by atoms with Crippen LogP contribution in [0.25, 0.3) is 0 Å². The van der Waals surface area contributed by atoms with Crippen LogP contribution in [0, 0.1) is 12.7 Å². The van der Waals surface area contributed by atoms with Gasteiger partial charge < -0.3 is 4.52 Å². The molecule has 1 saturated carbocycles. The number of benzene rings is 1. The minimum absolute atomic E-state index is 0.253. The largest absolute Gasteiger partial charge is 0.360 e. The fourth-order valence-electron chi connectivity index (χ4n) is 2.33. The predicted octanol–water partition coefficient (Wildman–Crippen LogP) is 3.94. The Morgan fingerprint density at radius 3 is 2.80 bits per heavy atom. The Kier molecular flexibility index (Phi) is 3.76. The van der Waals surface area contributed by atoms with Crippen molar-refractivity contribution in [1.29, 1.82) is 0 Å². The number of hydrogen-bond donors (Lipinski definition) is 0. The summed E-state index contributed by atoms with van der Waals surface area (Å²) in [7, 11) is 0. The number of nitrogens with zero attached hydrogens (tertiary/aromatic N) is 2. The summed E-state index contributed by atoms with van der Waals surface area (Å²) in [6, 6.07) is 7.20. The summed E-state index contributed by atoms with van der Waals surface area (Å²) >= 11 is 6.10. The highest BCUT2D eigenvalue weighted by Crippen LogP contribution is 2.32. The molecule has 106 valence electrons. The SMILES string of the molecule is Cc1cc(CN(Cc2c(F)cccc2Cl)C2CC2)on1. The molecule has 1 aromatic carbocycles. The lowest BCUT2D eigenvalue weighted by atomic mass is 10.2. The first-order chi connectivity index (χ1) is 9.63. The molecule has 2 aromatic rings. The molecule has 1 fully saturated rings. The Labute approximate surface area is 122 Å². The molecule has 1 aliphatic rings. The Morgan fingerprint density at radius 2 is 2.20 bits per heavy atom. The molecule has 0 N–H and O–H groups in total. The van der Waals surface area contributed by atoms with E-state index in [0.717, 1.165) is 24.3 Å². The van der Waals surface area contributed by atoms with E-state index in [1.165, 1.54) is 6.07 Å². The van der Waals surface area contributed by atoms with Gasteiger partial charge in [0.05, 0.1) is 12.2 Å². The number of hydrogen-bond acceptors (Lipinski definition) is 3. The van der Waals surface area contributed by atoms with E-state index < -0.39 is 0 Å². The summed E-state index contributed by atoms with van der Waals surface area (Å²) < 4.78 is 19.1. The molecule has 0 bridgehead atoms. The Morgan fingerprint density at radius 1 is 1.40 bits per heavy atom. The van der Waals surface area contributed by atoms with Gasteiger partial charge in [0.15, 0.2) is 5.76 Å². The average molecular weight is 295 g/mol. The third-order valence-electron chi connectivity index (χ3n) is 3.52. The van der Waals surface area contributed by atoms with E-state index in [4.69, 9.17) is 16.1 Å². The van der Waals surface area contributed by atoms with E-state index in [2.05, 4.69) is 10.1 Å². The van der Waals surface area contributed by atoms with Crippen molar-refractivity contribution in [3.05, 3.63) is 52.1 Å². The monoisotopic (exact) mass is 294 g/mol. The molecule has 0 spiro atoms. The van der Waals surface area contributed by atoms with Gasteiger partial charge in [0, 0.05) is 29.2 Å². The van der Waals surface area contributed by atoms with Crippen molar-refractivity contribution in [2.45, 2.75) is 38.9 Å². The van der Waals surface area contributed by atoms with Crippen LogP contribution in [0.5, 0.6) is 0 Å². The van der Waals surface area contributed by atoms with Gasteiger partial charge in [-0.05, 0) is 31.9 Å². The van der Waals surface area contributed by atoms with E-state index in [9.17, 15) is 4.39 Å². The zero-order valence-electron chi connectivity index (χ0n) is 11.3. The van der Waals surface area contributed by atoms with Crippen molar-refractivity contribution >= 4 is 11.6 Å². The van der Waals surface area contributed by atoms with E-state index in [0.29, 0.717) is 29.7 Å². The van der Waals surface area contributed by atoms with E-state index in [1.807, 2.05) is 13.0 Å². The van der Waals surface area contributed by atoms with Crippen LogP contribution in [-0.4, -0.2) is 16.1 Å². The Hall–Kier alpha value is -1.39. The highest BCUT2D eigenvalue weighted by molar-refractivity contribution is 6.31. The van der Waals surface area contributed by atoms with Crippen LogP contribution in [0.15, 0.2) is 28.8 Å². The van der Waals surface area contributed by atoms with Crippen molar-refractivity contribution in [3.63, 3.8) is 0 Å². The summed E-state index contributed by atoms with van der Waals surface area (Å²) in [6.07, 6.45) is 2.28. The number of aryl methyl sites for hydroxylation is 1. The summed E-state index contributed by atoms with van der Waals surface area (Å²) in [5, 5.41) is 4.37. The molecule has 3 nitrogen and oxygen atoms in total. The molecule has 1 heterocycles. The molecule has 0 atom stereocenters. The quantitative estimate of drug-likeness (QED) is 0.836. The van der Waals surface area contributed by atoms with Gasteiger partial charge in [-0.1, -0.05) is 22.8 Å². The second-order valence-electron chi connectivity index (χ2n) is 5.27. The third-order valence-corrected chi connectivity index (χ3v) is 3.88. The number of halogens is 2. The predicted molar refractivity (Wildman–Crippen MR) is 74.9 cm³/mol. The van der Waals surface area contributed by atoms with Crippen molar-refractivity contribution in [2.75, 3.05) is 0 Å². The third kappa shape index (κ3) is 3.02. The molecule has 1 aromatic heterocycles. The standard InChI is InChI=1S/C15H16ClFN2O/c1-10-7-12(20-18-10)8-19(11-5-6-11)9-13-14(16)3-2-4-15(13)17/h2-4,7,11H,5-6,8-9H2,1H3. The molecule has 0 aliphatic heterocycles. The van der Waals surface area contributed by atoms with Gasteiger partial charge in [-0.15, -0.1) is 0 Å². The van der Waals surface area contributed by atoms with E-state index in [-0.39, 0.29) is 5.82 Å². The second kappa shape index (κ2) is 5.54. The number of aromatic nitrogens is 1. The van der Waals surface area contributed by atoms with Gasteiger partial charge in [-0.25, -0.2) is 4.39 Å². The van der Waals surface area contributed by atoms with Crippen LogP contribution in [-0.2, 0) is 13.1 Å². The van der Waals surface area contributed by atoms with Crippen molar-refractivity contribution in [3.8, 4) is 0 Å². The zero-order valence-corrected chi connectivity index (χ0v) is 12.0. The van der Waals surface area contributed by atoms with Crippen molar-refractivity contribution in [2.24, 2.45) is 0 Å². The molecule has 0 radical (unpaired) electrons. The molecule has 5 heteroatoms. The molecule has 0 amide bonds. The number of rotatable bonds is 5. The van der Waals surface area contributed by atoms with E-state index in [1.54, 1.807) is 12.1 Å². The maximum atomic E-state index is 13.9. The van der Waals surface area contributed by atoms with Crippen LogP contribution in [0.2, 0.25) is 5.02 Å². The maximum absolute atomic E-state index is 13.9. The first-order valence-electron chi connectivity index (χ1n) is 6.72. The molecule has 0 saturated heterocycles. The topological polar surface area (TPSA) is 29.3 Å². The first kappa shape index (κ1) is 13.6. The van der Waals surface area contributed by atoms with Gasteiger partial charge in [-0.2, -0.15) is 0 Å². The first-order valence-corrected chi connectivity index (χ1v) is 7.10. The Bertz CT molecular complexity index is 589. The minimum Gasteiger partial charge on any atom is -0.360 e. The molecule has 1 aliphatic carbocycles. The summed E-state index contributed by atoms with van der Waals surface area (Å²) in [4.78, 5) is 2.20. The lowest BCUT2D eigenvalue weighted by Gasteiger charge is -2.21. The molecular formula is C15H16ClFN2O. The maximum Gasteiger partial charge on any atom is 0.150 e. The lowest BCUT2D eigenvalue weighted by molar-refractivity contribution is 0.211. The molecule has 0 unspecified atom stereocenters. The fraction of sp³-hybridized carbons (Fsp3) is 0.400. The summed E-state index contributed by atoms with van der Waals surface area (Å²) in [5.74, 6) is 0.554. The molecule has 3 rings (SSSR count). The van der Waals surface area contributed by atoms with Gasteiger partial charge in [0.1, 0.15) is 5.82 Å². The lowest BCUT2D eigenvalue weighted by Crippen LogP contribution is -2.25. The fourth-order valence-corrected chi connectivity index (χ4v) is 2.55. The summed E-state index contributed by atoms with van der Waals surface area (Å²) in [5.41, 5.74) is 1.41. The van der Waals surface area contributed by atoms with Crippen molar-refractivity contribution < 1.29 is 8.91 Å². The summed E-state index contributed by atoms with van der Waals surface area (Å²) in [6.45, 7) is 3.02. The zero-order chi connectivity index (χ0) is 14.1. The Balaban J connectivity index is 1.78. The smallest absolute Gasteiger partial charge is 0.150 e. The molecule has 20 heavy (non-hydrogen) atoms. The van der Waals surface area contributed by atoms with Crippen LogP contribution in [0.1, 0.15) is 29.9 Å². The van der Waals surface area contributed by atoms with Gasteiger partial charge in [-0.3, -0.25) is 4.90 Å². The van der Waals surface area contributed by atoms with Crippen LogP contribution in [0.4, 0.5) is 4.39 Å². The minimum atomic E-state index is -0.253. The average Bonchev–Trinajstić information content (AvgIpc) is 3.17. The molecular weight excluding hydrogens is 279 g/mol. The van der Waals surface area contributed by atoms with Crippen LogP contribution >= 0.6 is 11.6 Å². The van der Waals surface area contributed by atoms with Gasteiger partial charge in [0.2, 0.25) is 0 Å². The van der Waals surface area contributed by atoms with Crippen LogP contribution < -0.4 is 0 Å². The van der Waals surface area contributed by atoms with Gasteiger partial charge >= 0.3 is 0 Å². The van der Waals surface area contributed by atoms with Crippen LogP contribution in [0.3, 0.4) is 0 Å². The van der Waals surface area contributed by atoms with Crippen molar-refractivity contribution in [1.82, 2.24) is 10.1 Å². The normalized spacial score (nSPS) is 15.0.